The second kappa shape index (κ2) is 13.8. The second-order valence-electron chi connectivity index (χ2n) is 13.4. The number of hydrogen-bond acceptors (Lipinski definition) is 4. The van der Waals surface area contributed by atoms with Crippen LogP contribution in [0.15, 0.2) is 101 Å². The summed E-state index contributed by atoms with van der Waals surface area (Å²) in [7, 11) is 0. The highest BCUT2D eigenvalue weighted by atomic mass is 19.4. The van der Waals surface area contributed by atoms with Crippen LogP contribution in [0.5, 0.6) is 0 Å². The van der Waals surface area contributed by atoms with Crippen molar-refractivity contribution in [3.63, 3.8) is 0 Å². The van der Waals surface area contributed by atoms with Crippen molar-refractivity contribution in [3.05, 3.63) is 141 Å². The van der Waals surface area contributed by atoms with Crippen LogP contribution in [0.4, 0.5) is 52.7 Å². The Morgan fingerprint density at radius 1 is 0.424 bits per heavy atom. The average molecular weight is 819 g/mol. The number of alkyl halides is 12. The van der Waals surface area contributed by atoms with Crippen LogP contribution in [0.2, 0.25) is 0 Å². The van der Waals surface area contributed by atoms with Gasteiger partial charge in [-0.25, -0.2) is 0 Å². The fourth-order valence-electron chi connectivity index (χ4n) is 7.34. The third kappa shape index (κ3) is 6.99. The Bertz CT molecular complexity index is 2770. The first kappa shape index (κ1) is 40.1. The smallest absolute Gasteiger partial charge is 0.295 e. The molecule has 2 aliphatic carbocycles. The fourth-order valence-corrected chi connectivity index (χ4v) is 7.34. The van der Waals surface area contributed by atoms with Gasteiger partial charge in [-0.1, -0.05) is 24.3 Å². The van der Waals surface area contributed by atoms with Gasteiger partial charge in [0.25, 0.3) is 0 Å². The van der Waals surface area contributed by atoms with E-state index in [-0.39, 0.29) is 63.2 Å². The number of rotatable bonds is 4. The number of allylic oxidation sites excluding steroid dienone is 1. The maximum atomic E-state index is 13.8. The molecule has 5 aromatic carbocycles. The molecule has 0 unspecified atom stereocenters. The van der Waals surface area contributed by atoms with Crippen molar-refractivity contribution in [2.75, 3.05) is 6.54 Å². The van der Waals surface area contributed by atoms with Gasteiger partial charge in [-0.05, 0) is 134 Å². The van der Waals surface area contributed by atoms with E-state index in [9.17, 15) is 68.5 Å². The molecular formula is C43H18F12N4. The Balaban J connectivity index is 1.46. The lowest BCUT2D eigenvalue weighted by molar-refractivity contribution is -0.144. The first-order chi connectivity index (χ1) is 27.6. The summed E-state index contributed by atoms with van der Waals surface area (Å²) < 4.78 is 165. The van der Waals surface area contributed by atoms with Crippen molar-refractivity contribution in [1.82, 2.24) is 0 Å². The summed E-state index contributed by atoms with van der Waals surface area (Å²) in [5, 5.41) is 30.3. The van der Waals surface area contributed by atoms with Crippen molar-refractivity contribution in [2.24, 2.45) is 4.99 Å². The van der Waals surface area contributed by atoms with Crippen LogP contribution >= 0.6 is 0 Å². The molecule has 0 radical (unpaired) electrons. The summed E-state index contributed by atoms with van der Waals surface area (Å²) in [6.45, 7) is 3.15. The summed E-state index contributed by atoms with van der Waals surface area (Å²) >= 11 is 0. The predicted octanol–water partition coefficient (Wildman–Crippen LogP) is 12.9. The van der Waals surface area contributed by atoms with E-state index in [1.807, 2.05) is 6.07 Å². The number of benzene rings is 5. The monoisotopic (exact) mass is 818 g/mol. The third-order valence-electron chi connectivity index (χ3n) is 9.88. The zero-order valence-corrected chi connectivity index (χ0v) is 29.3. The molecule has 0 amide bonds. The lowest BCUT2D eigenvalue weighted by Gasteiger charge is -2.15. The molecule has 59 heavy (non-hydrogen) atoms. The molecule has 0 N–H and O–H groups in total. The molecule has 0 atom stereocenters. The summed E-state index contributed by atoms with van der Waals surface area (Å²) in [5.74, 6) is 0. The minimum atomic E-state index is -5.14. The Labute approximate surface area is 325 Å². The van der Waals surface area contributed by atoms with Gasteiger partial charge in [0.05, 0.1) is 40.4 Å². The molecule has 0 aromatic heterocycles. The zero-order chi connectivity index (χ0) is 43.0. The van der Waals surface area contributed by atoms with Crippen molar-refractivity contribution in [2.45, 2.75) is 24.7 Å². The van der Waals surface area contributed by atoms with Gasteiger partial charge in [0, 0.05) is 11.1 Å². The van der Waals surface area contributed by atoms with Crippen molar-refractivity contribution in [3.8, 4) is 62.7 Å². The van der Waals surface area contributed by atoms with Crippen LogP contribution in [-0.2, 0) is 24.7 Å². The lowest BCUT2D eigenvalue weighted by atomic mass is 9.92. The SMILES string of the molecule is C=NC/C(C#N)=C1\c2cc(-c3cc(C(F)(F)F)cc(C(F)(F)F)c3)ccc2-c2cc3c(cc21)-c1ccc(-c2cc(C(F)(F)F)cc(C(F)(F)F)c2)cc1C3=C(C#N)C#N. The molecule has 5 aromatic rings. The normalized spacial score (nSPS) is 14.0. The molecule has 0 saturated heterocycles. The number of fused-ring (bicyclic) bond motifs is 6. The van der Waals surface area contributed by atoms with Gasteiger partial charge >= 0.3 is 24.7 Å². The molecule has 0 fully saturated rings. The minimum absolute atomic E-state index is 0.00112. The van der Waals surface area contributed by atoms with Crippen LogP contribution in [0, 0.1) is 34.0 Å². The maximum absolute atomic E-state index is 13.8. The van der Waals surface area contributed by atoms with Crippen LogP contribution in [0.1, 0.15) is 44.5 Å². The van der Waals surface area contributed by atoms with Crippen LogP contribution in [-0.4, -0.2) is 13.3 Å². The van der Waals surface area contributed by atoms with E-state index in [4.69, 9.17) is 0 Å². The Morgan fingerprint density at radius 3 is 1.12 bits per heavy atom. The molecule has 0 aliphatic heterocycles. The van der Waals surface area contributed by atoms with Crippen molar-refractivity contribution >= 4 is 17.9 Å². The van der Waals surface area contributed by atoms with E-state index in [1.165, 1.54) is 42.5 Å². The van der Waals surface area contributed by atoms with Gasteiger partial charge in [-0.3, -0.25) is 4.99 Å². The fraction of sp³-hybridized carbons (Fsp3) is 0.116. The first-order valence-corrected chi connectivity index (χ1v) is 16.8. The number of hydrogen-bond donors (Lipinski definition) is 0. The lowest BCUT2D eigenvalue weighted by Crippen LogP contribution is -2.11. The van der Waals surface area contributed by atoms with Crippen LogP contribution < -0.4 is 0 Å². The van der Waals surface area contributed by atoms with Crippen LogP contribution in [0.25, 0.3) is 55.7 Å². The van der Waals surface area contributed by atoms with E-state index in [0.29, 0.717) is 52.1 Å². The molecule has 0 heterocycles. The zero-order valence-electron chi connectivity index (χ0n) is 29.3. The van der Waals surface area contributed by atoms with E-state index < -0.39 is 63.7 Å². The van der Waals surface area contributed by atoms with Crippen molar-refractivity contribution < 1.29 is 52.7 Å². The van der Waals surface area contributed by atoms with Crippen LogP contribution in [0.3, 0.4) is 0 Å². The number of aliphatic imine (C=N–C) groups is 1. The molecule has 0 spiro atoms. The molecule has 2 aliphatic rings. The van der Waals surface area contributed by atoms with Gasteiger partial charge in [0.1, 0.15) is 17.7 Å². The summed E-state index contributed by atoms with van der Waals surface area (Å²) in [6.07, 6.45) is -20.6. The number of halogens is 12. The summed E-state index contributed by atoms with van der Waals surface area (Å²) in [5.41, 5.74) is -5.37. The maximum Gasteiger partial charge on any atom is 0.416 e. The molecule has 4 nitrogen and oxygen atoms in total. The highest BCUT2D eigenvalue weighted by molar-refractivity contribution is 6.11. The first-order valence-electron chi connectivity index (χ1n) is 16.8. The summed E-state index contributed by atoms with van der Waals surface area (Å²) in [4.78, 5) is 3.80. The topological polar surface area (TPSA) is 83.7 Å². The van der Waals surface area contributed by atoms with Gasteiger partial charge in [-0.2, -0.15) is 68.5 Å². The van der Waals surface area contributed by atoms with E-state index in [0.717, 1.165) is 0 Å². The van der Waals surface area contributed by atoms with E-state index in [2.05, 4.69) is 11.7 Å². The predicted molar refractivity (Wildman–Crippen MR) is 191 cm³/mol. The Kier molecular flexibility index (Phi) is 9.36. The molecule has 0 saturated carbocycles. The molecule has 0 bridgehead atoms. The molecule has 16 heteroatoms. The molecule has 294 valence electrons. The van der Waals surface area contributed by atoms with Crippen molar-refractivity contribution in [1.29, 1.82) is 15.8 Å². The van der Waals surface area contributed by atoms with Gasteiger partial charge in [0.15, 0.2) is 0 Å². The Morgan fingerprint density at radius 2 is 0.780 bits per heavy atom. The Hall–Kier alpha value is -7.12. The number of nitriles is 3. The second-order valence-corrected chi connectivity index (χ2v) is 13.4. The largest absolute Gasteiger partial charge is 0.416 e. The van der Waals surface area contributed by atoms with Gasteiger partial charge in [-0.15, -0.1) is 0 Å². The quantitative estimate of drug-likeness (QED) is 0.101. The van der Waals surface area contributed by atoms with Gasteiger partial charge in [0.2, 0.25) is 0 Å². The summed E-state index contributed by atoms with van der Waals surface area (Å²) in [6, 6.07) is 18.8. The highest BCUT2D eigenvalue weighted by Gasteiger charge is 2.40. The average Bonchev–Trinajstić information content (AvgIpc) is 3.65. The van der Waals surface area contributed by atoms with E-state index in [1.54, 1.807) is 18.2 Å². The van der Waals surface area contributed by atoms with E-state index >= 15 is 0 Å². The minimum Gasteiger partial charge on any atom is -0.295 e. The highest BCUT2D eigenvalue weighted by Crippen LogP contribution is 2.55. The van der Waals surface area contributed by atoms with Gasteiger partial charge < -0.3 is 0 Å². The standard InChI is InChI=1S/C43H18F12N4/c1-59-19-25(18-58)39-35-11-21(23-8-28(42(50,51)52)13-29(9-23)43(53,54)55)3-5-31(35)33-14-36-32(15-37(33)39)30-4-2-20(10-34(30)38(36)24(16-56)17-57)22-6-26(40(44,45)46)12-27(7-22)41(47,48)49/h2-15H,1,19H2/b39-25+. The molecule has 7 rings (SSSR count). The molecular weight excluding hydrogens is 800 g/mol. The number of nitrogens with zero attached hydrogens (tertiary/aromatic N) is 4. The third-order valence-corrected chi connectivity index (χ3v) is 9.88.